The van der Waals surface area contributed by atoms with E-state index in [1.54, 1.807) is 6.92 Å². The maximum absolute atomic E-state index is 10.3. The monoisotopic (exact) mass is 164 g/mol. The zero-order chi connectivity index (χ0) is 7.56. The molecule has 1 atom stereocenters. The molecule has 0 amide bonds. The Morgan fingerprint density at radius 3 is 2.64 bits per heavy atom. The van der Waals surface area contributed by atoms with Crippen molar-refractivity contribution in [2.24, 2.45) is 0 Å². The Morgan fingerprint density at radius 2 is 2.27 bits per heavy atom. The van der Waals surface area contributed by atoms with Crippen molar-refractivity contribution in [2.45, 2.75) is 11.9 Å². The molecule has 0 bridgehead atoms. The van der Waals surface area contributed by atoms with E-state index < -0.39 is 11.1 Å². The molecule has 6 heteroatoms. The largest absolute Gasteiger partial charge is 1.00 e. The van der Waals surface area contributed by atoms with Gasteiger partial charge in [0.15, 0.2) is 0 Å². The van der Waals surface area contributed by atoms with Crippen molar-refractivity contribution < 1.29 is 27.6 Å². The van der Waals surface area contributed by atoms with E-state index in [4.69, 9.17) is 0 Å². The Bertz CT molecular complexity index is 268. The van der Waals surface area contributed by atoms with Gasteiger partial charge in [-0.25, -0.2) is 9.97 Å². The molecule has 0 saturated heterocycles. The fraction of sp³-hybridized carbons (Fsp3) is 0.200. The number of aryl methyl sites for hydroxylation is 1. The molecule has 0 N–H and O–H groups in total. The van der Waals surface area contributed by atoms with Crippen LogP contribution in [0.2, 0.25) is 0 Å². The van der Waals surface area contributed by atoms with E-state index in [1.807, 2.05) is 0 Å². The number of nitrogens with zero attached hydrogens (tertiary/aromatic N) is 2. The second-order valence-electron chi connectivity index (χ2n) is 1.68. The van der Waals surface area contributed by atoms with Crippen LogP contribution >= 0.6 is 0 Å². The third-order valence-electron chi connectivity index (χ3n) is 0.921. The van der Waals surface area contributed by atoms with Crippen molar-refractivity contribution in [2.75, 3.05) is 0 Å². The number of hydrogen-bond acceptors (Lipinski definition) is 4. The van der Waals surface area contributed by atoms with Crippen LogP contribution in [0.3, 0.4) is 0 Å². The fourth-order valence-electron chi connectivity index (χ4n) is 0.527. The third-order valence-corrected chi connectivity index (χ3v) is 1.49. The summed E-state index contributed by atoms with van der Waals surface area (Å²) in [6, 6.07) is 1.34. The van der Waals surface area contributed by atoms with Gasteiger partial charge in [-0.05, 0) is 24.1 Å². The van der Waals surface area contributed by atoms with E-state index >= 15 is 0 Å². The molecule has 1 aromatic heterocycles. The molecule has 1 unspecified atom stereocenters. The predicted octanol–water partition coefficient (Wildman–Crippen LogP) is -2.97. The standard InChI is InChI=1S/C5H6N2O2S.Li/c1-4-6-3-2-5(7-4)10(8)9;/h2-3H,1H3,(H,8,9);/q;+1/p-1. The predicted molar refractivity (Wildman–Crippen MR) is 34.0 cm³/mol. The third kappa shape index (κ3) is 3.12. The van der Waals surface area contributed by atoms with Gasteiger partial charge in [0.1, 0.15) is 10.9 Å². The molecule has 0 aliphatic heterocycles. The summed E-state index contributed by atoms with van der Waals surface area (Å²) in [7, 11) is 0. The summed E-state index contributed by atoms with van der Waals surface area (Å²) in [5, 5.41) is 0.0347. The molecule has 0 fully saturated rings. The maximum Gasteiger partial charge on any atom is 1.00 e. The van der Waals surface area contributed by atoms with Crippen molar-refractivity contribution in [1.29, 1.82) is 0 Å². The van der Waals surface area contributed by atoms with Gasteiger partial charge in [-0.1, -0.05) is 0 Å². The van der Waals surface area contributed by atoms with E-state index in [-0.39, 0.29) is 23.9 Å². The first kappa shape index (κ1) is 10.8. The van der Waals surface area contributed by atoms with Crippen molar-refractivity contribution in [1.82, 2.24) is 9.97 Å². The van der Waals surface area contributed by atoms with Gasteiger partial charge in [0.2, 0.25) is 0 Å². The van der Waals surface area contributed by atoms with Crippen molar-refractivity contribution in [3.63, 3.8) is 0 Å². The molecule has 1 aromatic rings. The van der Waals surface area contributed by atoms with Gasteiger partial charge >= 0.3 is 18.9 Å². The number of aromatic nitrogens is 2. The molecular formula is C5H5LiN2O2S. The van der Waals surface area contributed by atoms with Gasteiger partial charge in [-0.3, -0.25) is 4.21 Å². The van der Waals surface area contributed by atoms with Gasteiger partial charge in [-0.15, -0.1) is 0 Å². The molecule has 4 nitrogen and oxygen atoms in total. The summed E-state index contributed by atoms with van der Waals surface area (Å²) in [6.07, 6.45) is 1.41. The molecule has 0 aliphatic carbocycles. The molecule has 0 saturated carbocycles. The van der Waals surface area contributed by atoms with Crippen LogP contribution in [0.15, 0.2) is 17.3 Å². The van der Waals surface area contributed by atoms with Crippen molar-refractivity contribution in [3.05, 3.63) is 18.1 Å². The summed E-state index contributed by atoms with van der Waals surface area (Å²) >= 11 is -2.24. The first-order valence-electron chi connectivity index (χ1n) is 2.59. The molecule has 0 radical (unpaired) electrons. The van der Waals surface area contributed by atoms with Gasteiger partial charge in [0.05, 0.1) is 0 Å². The van der Waals surface area contributed by atoms with E-state index in [0.717, 1.165) is 0 Å². The molecule has 0 aliphatic rings. The van der Waals surface area contributed by atoms with Gasteiger partial charge in [0.25, 0.3) is 0 Å². The Hall–Kier alpha value is -0.213. The maximum atomic E-state index is 10.3. The summed E-state index contributed by atoms with van der Waals surface area (Å²) in [5.74, 6) is 0.460. The van der Waals surface area contributed by atoms with Crippen LogP contribution in [0.5, 0.6) is 0 Å². The minimum absolute atomic E-state index is 0. The molecule has 11 heavy (non-hydrogen) atoms. The minimum Gasteiger partial charge on any atom is -0.767 e. The van der Waals surface area contributed by atoms with E-state index in [9.17, 15) is 8.76 Å². The average molecular weight is 164 g/mol. The second-order valence-corrected chi connectivity index (χ2v) is 2.56. The SMILES string of the molecule is Cc1nccc(S(=O)[O-])n1.[Li+]. The first-order valence-corrected chi connectivity index (χ1v) is 3.66. The van der Waals surface area contributed by atoms with Crippen molar-refractivity contribution in [3.8, 4) is 0 Å². The molecule has 1 heterocycles. The van der Waals surface area contributed by atoms with Crippen LogP contribution in [-0.4, -0.2) is 18.7 Å². The van der Waals surface area contributed by atoms with Crippen LogP contribution in [0.25, 0.3) is 0 Å². The van der Waals surface area contributed by atoms with Gasteiger partial charge in [0, 0.05) is 6.20 Å². The first-order chi connectivity index (χ1) is 4.70. The summed E-state index contributed by atoms with van der Waals surface area (Å²) in [4.78, 5) is 7.39. The van der Waals surface area contributed by atoms with Crippen LogP contribution in [-0.2, 0) is 11.1 Å². The fourth-order valence-corrected chi connectivity index (χ4v) is 0.906. The minimum atomic E-state index is -2.24. The quantitative estimate of drug-likeness (QED) is 0.252. The van der Waals surface area contributed by atoms with Crippen LogP contribution in [0.4, 0.5) is 0 Å². The molecule has 54 valence electrons. The number of hydrogen-bond donors (Lipinski definition) is 0. The summed E-state index contributed by atoms with van der Waals surface area (Å²) in [5.41, 5.74) is 0. The molecule has 0 aromatic carbocycles. The average Bonchev–Trinajstić information content (AvgIpc) is 1.88. The van der Waals surface area contributed by atoms with E-state index in [2.05, 4.69) is 9.97 Å². The van der Waals surface area contributed by atoms with Crippen LogP contribution in [0, 0.1) is 6.92 Å². The van der Waals surface area contributed by atoms with Crippen LogP contribution in [0.1, 0.15) is 5.82 Å². The number of rotatable bonds is 1. The Labute approximate surface area is 78.9 Å². The molecule has 0 spiro atoms. The van der Waals surface area contributed by atoms with Gasteiger partial charge < -0.3 is 4.55 Å². The Morgan fingerprint density at radius 1 is 1.64 bits per heavy atom. The van der Waals surface area contributed by atoms with Crippen molar-refractivity contribution >= 4 is 11.1 Å². The van der Waals surface area contributed by atoms with E-state index in [0.29, 0.717) is 5.82 Å². The summed E-state index contributed by atoms with van der Waals surface area (Å²) < 4.78 is 20.5. The topological polar surface area (TPSA) is 65.9 Å². The smallest absolute Gasteiger partial charge is 0.767 e. The molecular weight excluding hydrogens is 159 g/mol. The Kier molecular flexibility index (Phi) is 4.53. The summed E-state index contributed by atoms with van der Waals surface area (Å²) in [6.45, 7) is 1.64. The Balaban J connectivity index is 0.000001000. The zero-order valence-electron chi connectivity index (χ0n) is 6.27. The normalized spacial score (nSPS) is 11.8. The van der Waals surface area contributed by atoms with Gasteiger partial charge in [-0.2, -0.15) is 0 Å². The van der Waals surface area contributed by atoms with Crippen LogP contribution < -0.4 is 18.9 Å². The molecule has 1 rings (SSSR count). The van der Waals surface area contributed by atoms with E-state index in [1.165, 1.54) is 12.3 Å². The second kappa shape index (κ2) is 4.62. The zero-order valence-corrected chi connectivity index (χ0v) is 7.09.